The first-order chi connectivity index (χ1) is 20.7. The largest absolute Gasteiger partial charge is 0.481 e. The van der Waals surface area contributed by atoms with E-state index in [-0.39, 0.29) is 12.5 Å². The van der Waals surface area contributed by atoms with E-state index in [1.165, 1.54) is 11.2 Å². The summed E-state index contributed by atoms with van der Waals surface area (Å²) in [6, 6.07) is 5.59. The number of methoxy groups -OCH3 is 1. The minimum Gasteiger partial charge on any atom is -0.481 e. The maximum Gasteiger partial charge on any atom is 0.417 e. The third kappa shape index (κ3) is 7.92. The number of carbonyl (C=O) groups is 2. The molecule has 1 atom stereocenters. The highest BCUT2D eigenvalue weighted by atomic mass is 16.6. The summed E-state index contributed by atoms with van der Waals surface area (Å²) in [6.45, 7) is 7.00. The molecule has 0 N–H and O–H groups in total. The molecule has 4 heterocycles. The number of esters is 1. The summed E-state index contributed by atoms with van der Waals surface area (Å²) in [5.41, 5.74) is 2.93. The van der Waals surface area contributed by atoms with Crippen LogP contribution in [0.15, 0.2) is 72.4 Å². The van der Waals surface area contributed by atoms with Gasteiger partial charge in [-0.2, -0.15) is 0 Å². The van der Waals surface area contributed by atoms with Crippen molar-refractivity contribution in [3.8, 4) is 5.88 Å². The Morgan fingerprint density at radius 3 is 2.81 bits per heavy atom. The summed E-state index contributed by atoms with van der Waals surface area (Å²) >= 11 is 0. The molecule has 1 unspecified atom stereocenters. The van der Waals surface area contributed by atoms with Crippen LogP contribution in [0, 0.1) is 0 Å². The number of cyclic esters (lactones) is 1. The second-order valence-electron chi connectivity index (χ2n) is 11.5. The number of nitrogens with zero attached hydrogens (tertiary/aromatic N) is 4. The number of amides is 1. The topological polar surface area (TPSA) is 113 Å². The van der Waals surface area contributed by atoms with Crippen molar-refractivity contribution in [3.63, 3.8) is 0 Å². The van der Waals surface area contributed by atoms with Gasteiger partial charge in [0.15, 0.2) is 12.0 Å². The molecule has 2 aliphatic heterocycles. The van der Waals surface area contributed by atoms with Gasteiger partial charge in [-0.3, -0.25) is 14.7 Å². The summed E-state index contributed by atoms with van der Waals surface area (Å²) in [5.74, 6) is 1.06. The van der Waals surface area contributed by atoms with E-state index in [9.17, 15) is 9.59 Å². The molecule has 2 aromatic rings. The van der Waals surface area contributed by atoms with Crippen molar-refractivity contribution in [1.29, 1.82) is 0 Å². The lowest BCUT2D eigenvalue weighted by atomic mass is 10.0. The van der Waals surface area contributed by atoms with Gasteiger partial charge in [-0.05, 0) is 69.7 Å². The minimum atomic E-state index is -0.598. The van der Waals surface area contributed by atoms with E-state index in [1.54, 1.807) is 25.6 Å². The normalized spacial score (nSPS) is 18.4. The fourth-order valence-corrected chi connectivity index (χ4v) is 5.04. The first-order valence-corrected chi connectivity index (χ1v) is 14.5. The zero-order valence-electron chi connectivity index (χ0n) is 25.1. The maximum absolute atomic E-state index is 12.8. The van der Waals surface area contributed by atoms with Crippen LogP contribution in [0.4, 0.5) is 4.79 Å². The highest BCUT2D eigenvalue weighted by molar-refractivity contribution is 5.78. The maximum atomic E-state index is 12.8. The number of hydrogen-bond acceptors (Lipinski definition) is 10. The minimum absolute atomic E-state index is 0.0984. The van der Waals surface area contributed by atoms with Crippen LogP contribution in [0.5, 0.6) is 5.88 Å². The van der Waals surface area contributed by atoms with E-state index in [0.717, 1.165) is 35.0 Å². The lowest BCUT2D eigenvalue weighted by Gasteiger charge is -2.26. The molecule has 0 spiro atoms. The molecule has 0 aromatic carbocycles. The molecule has 3 aliphatic rings. The van der Waals surface area contributed by atoms with Gasteiger partial charge in [0, 0.05) is 25.4 Å². The first kappa shape index (κ1) is 30.1. The second-order valence-corrected chi connectivity index (χ2v) is 11.5. The molecular formula is C32H38N4O7. The van der Waals surface area contributed by atoms with Gasteiger partial charge in [-0.15, -0.1) is 0 Å². The van der Waals surface area contributed by atoms with E-state index >= 15 is 0 Å². The number of allylic oxidation sites excluding steroid dienone is 4. The Bertz CT molecular complexity index is 1470. The molecule has 11 heteroatoms. The number of pyridine rings is 2. The van der Waals surface area contributed by atoms with Crippen LogP contribution in [0.1, 0.15) is 45.6 Å². The van der Waals surface area contributed by atoms with Crippen LogP contribution in [0.2, 0.25) is 0 Å². The summed E-state index contributed by atoms with van der Waals surface area (Å²) in [5, 5.41) is 0. The van der Waals surface area contributed by atoms with Crippen LogP contribution in [-0.2, 0) is 30.2 Å². The van der Waals surface area contributed by atoms with E-state index in [0.29, 0.717) is 50.0 Å². The SMILES string of the molecule is COc1ccc2nccc(CCN(CCC3CN(C4=COC=C(C5=CC=CCC5)O4)C(=O)O3)CC(=O)OC(C)(C)C)c2n1. The lowest BCUT2D eigenvalue weighted by Crippen LogP contribution is -2.38. The Morgan fingerprint density at radius 2 is 2.05 bits per heavy atom. The highest BCUT2D eigenvalue weighted by Gasteiger charge is 2.36. The first-order valence-electron chi connectivity index (χ1n) is 14.5. The van der Waals surface area contributed by atoms with E-state index in [4.69, 9.17) is 23.7 Å². The Hall–Kier alpha value is -4.38. The number of carbonyl (C=O) groups excluding carboxylic acids is 2. The van der Waals surface area contributed by atoms with Crippen LogP contribution in [-0.4, -0.2) is 76.8 Å². The van der Waals surface area contributed by atoms with Crippen molar-refractivity contribution in [2.45, 2.75) is 58.2 Å². The Kier molecular flexibility index (Phi) is 9.30. The molecule has 1 saturated heterocycles. The number of hydrogen-bond donors (Lipinski definition) is 0. The van der Waals surface area contributed by atoms with Crippen molar-refractivity contribution in [1.82, 2.24) is 19.8 Å². The van der Waals surface area contributed by atoms with Crippen molar-refractivity contribution in [2.24, 2.45) is 0 Å². The fourth-order valence-electron chi connectivity index (χ4n) is 5.04. The predicted molar refractivity (Wildman–Crippen MR) is 158 cm³/mol. The van der Waals surface area contributed by atoms with Gasteiger partial charge >= 0.3 is 12.1 Å². The number of aromatic nitrogens is 2. The monoisotopic (exact) mass is 590 g/mol. The van der Waals surface area contributed by atoms with Gasteiger partial charge in [0.1, 0.15) is 18.0 Å². The van der Waals surface area contributed by atoms with Gasteiger partial charge in [-0.25, -0.2) is 14.7 Å². The van der Waals surface area contributed by atoms with Gasteiger partial charge in [0.25, 0.3) is 0 Å². The smallest absolute Gasteiger partial charge is 0.417 e. The average molecular weight is 591 g/mol. The van der Waals surface area contributed by atoms with Crippen molar-refractivity contribution >= 4 is 23.1 Å². The third-order valence-electron chi connectivity index (χ3n) is 7.12. The zero-order valence-corrected chi connectivity index (χ0v) is 25.1. The molecule has 0 radical (unpaired) electrons. The van der Waals surface area contributed by atoms with Crippen molar-refractivity contribution in [3.05, 3.63) is 77.9 Å². The fraction of sp³-hybridized carbons (Fsp3) is 0.438. The summed E-state index contributed by atoms with van der Waals surface area (Å²) in [6.07, 6.45) is 12.7. The molecule has 0 saturated carbocycles. The average Bonchev–Trinajstić information content (AvgIpc) is 3.38. The summed E-state index contributed by atoms with van der Waals surface area (Å²) in [4.78, 5) is 38.1. The number of rotatable bonds is 11. The van der Waals surface area contributed by atoms with Crippen LogP contribution in [0.25, 0.3) is 11.0 Å². The molecule has 11 nitrogen and oxygen atoms in total. The lowest BCUT2D eigenvalue weighted by molar-refractivity contribution is -0.156. The number of ether oxygens (including phenoxy) is 5. The quantitative estimate of drug-likeness (QED) is 0.332. The Morgan fingerprint density at radius 1 is 1.19 bits per heavy atom. The molecule has 1 amide bonds. The standard InChI is InChI=1S/C32H38N4O7/c1-32(2,3)43-29(37)19-35(16-13-23-12-15-33-25-10-11-27(39-4)34-30(23)25)17-14-24-18-36(31(38)41-24)28-21-40-20-26(42-28)22-8-6-5-7-9-22/h5-6,8,10-12,15,20-21,24H,7,9,13-14,16-19H2,1-4H3. The molecule has 5 rings (SSSR count). The highest BCUT2D eigenvalue weighted by Crippen LogP contribution is 2.30. The molecule has 1 fully saturated rings. The molecular weight excluding hydrogens is 552 g/mol. The molecule has 43 heavy (non-hydrogen) atoms. The second kappa shape index (κ2) is 13.3. The molecule has 2 aromatic heterocycles. The molecule has 1 aliphatic carbocycles. The number of fused-ring (bicyclic) bond motifs is 1. The predicted octanol–water partition coefficient (Wildman–Crippen LogP) is 5.00. The van der Waals surface area contributed by atoms with E-state index in [1.807, 2.05) is 50.0 Å². The van der Waals surface area contributed by atoms with Gasteiger partial charge < -0.3 is 23.7 Å². The van der Waals surface area contributed by atoms with Crippen molar-refractivity contribution < 1.29 is 33.3 Å². The summed E-state index contributed by atoms with van der Waals surface area (Å²) in [7, 11) is 1.58. The third-order valence-corrected chi connectivity index (χ3v) is 7.12. The Balaban J connectivity index is 1.22. The zero-order chi connectivity index (χ0) is 30.4. The van der Waals surface area contributed by atoms with Crippen LogP contribution >= 0.6 is 0 Å². The van der Waals surface area contributed by atoms with Crippen molar-refractivity contribution in [2.75, 3.05) is 33.3 Å². The van der Waals surface area contributed by atoms with Gasteiger partial charge in [-0.1, -0.05) is 18.2 Å². The molecule has 0 bridgehead atoms. The van der Waals surface area contributed by atoms with Crippen LogP contribution < -0.4 is 4.74 Å². The van der Waals surface area contributed by atoms with Gasteiger partial charge in [0.2, 0.25) is 11.8 Å². The van der Waals surface area contributed by atoms with Gasteiger partial charge in [0.05, 0.1) is 31.2 Å². The van der Waals surface area contributed by atoms with Crippen LogP contribution in [0.3, 0.4) is 0 Å². The molecule has 228 valence electrons. The van der Waals surface area contributed by atoms with E-state index < -0.39 is 17.8 Å². The Labute approximate surface area is 251 Å². The summed E-state index contributed by atoms with van der Waals surface area (Å²) < 4.78 is 28.1. The van der Waals surface area contributed by atoms with E-state index in [2.05, 4.69) is 16.0 Å².